The number of nitrogens with two attached hydrogens (primary N) is 1. The number of carbonyl (C=O) groups excluding carboxylic acids is 1. The molecule has 1 heterocycles. The highest BCUT2D eigenvalue weighted by Gasteiger charge is 2.25. The van der Waals surface area contributed by atoms with Gasteiger partial charge in [0.15, 0.2) is 0 Å². The van der Waals surface area contributed by atoms with Crippen molar-refractivity contribution in [3.05, 3.63) is 35.6 Å². The molecule has 1 amide bonds. The van der Waals surface area contributed by atoms with Gasteiger partial charge in [-0.2, -0.15) is 0 Å². The van der Waals surface area contributed by atoms with Gasteiger partial charge < -0.3 is 10.5 Å². The SMILES string of the molecule is CC(C)(COc1ccc2c(Cl)nccc2c1)C(N)=O. The Kier molecular flexibility index (Phi) is 3.62. The summed E-state index contributed by atoms with van der Waals surface area (Å²) in [5, 5.41) is 2.27. The van der Waals surface area contributed by atoms with Crippen LogP contribution in [-0.4, -0.2) is 17.5 Å². The summed E-state index contributed by atoms with van der Waals surface area (Å²) in [4.78, 5) is 15.2. The maximum atomic E-state index is 11.2. The van der Waals surface area contributed by atoms with Crippen molar-refractivity contribution in [2.24, 2.45) is 11.1 Å². The van der Waals surface area contributed by atoms with Gasteiger partial charge in [0.1, 0.15) is 17.5 Å². The largest absolute Gasteiger partial charge is 0.492 e. The van der Waals surface area contributed by atoms with Gasteiger partial charge in [0, 0.05) is 11.6 Å². The summed E-state index contributed by atoms with van der Waals surface area (Å²) < 4.78 is 5.62. The Hall–Kier alpha value is -1.81. The van der Waals surface area contributed by atoms with E-state index in [1.54, 1.807) is 26.1 Å². The molecule has 19 heavy (non-hydrogen) atoms. The molecule has 1 aromatic heterocycles. The molecule has 0 aliphatic rings. The van der Waals surface area contributed by atoms with Gasteiger partial charge >= 0.3 is 0 Å². The van der Waals surface area contributed by atoms with Gasteiger partial charge in [0.2, 0.25) is 5.91 Å². The Balaban J connectivity index is 2.21. The molecule has 0 radical (unpaired) electrons. The zero-order valence-corrected chi connectivity index (χ0v) is 11.6. The number of fused-ring (bicyclic) bond motifs is 1. The van der Waals surface area contributed by atoms with E-state index in [0.29, 0.717) is 10.9 Å². The van der Waals surface area contributed by atoms with Gasteiger partial charge in [0.05, 0.1) is 5.41 Å². The van der Waals surface area contributed by atoms with E-state index in [2.05, 4.69) is 4.98 Å². The molecular weight excluding hydrogens is 264 g/mol. The van der Waals surface area contributed by atoms with E-state index in [1.807, 2.05) is 18.2 Å². The fourth-order valence-corrected chi connectivity index (χ4v) is 1.77. The summed E-state index contributed by atoms with van der Waals surface area (Å²) in [5.41, 5.74) is 4.60. The van der Waals surface area contributed by atoms with E-state index >= 15 is 0 Å². The quantitative estimate of drug-likeness (QED) is 0.875. The molecule has 0 saturated heterocycles. The maximum Gasteiger partial charge on any atom is 0.226 e. The van der Waals surface area contributed by atoms with Crippen LogP contribution in [0, 0.1) is 5.41 Å². The van der Waals surface area contributed by atoms with Crippen molar-refractivity contribution in [1.29, 1.82) is 0 Å². The number of carbonyl (C=O) groups is 1. The zero-order valence-electron chi connectivity index (χ0n) is 10.8. The van der Waals surface area contributed by atoms with Crippen molar-refractivity contribution in [3.8, 4) is 5.75 Å². The molecule has 100 valence electrons. The molecule has 0 atom stereocenters. The number of hydrogen-bond donors (Lipinski definition) is 1. The minimum Gasteiger partial charge on any atom is -0.492 e. The second kappa shape index (κ2) is 5.05. The number of amides is 1. The Morgan fingerprint density at radius 2 is 2.16 bits per heavy atom. The minimum atomic E-state index is -0.704. The van der Waals surface area contributed by atoms with E-state index in [9.17, 15) is 4.79 Å². The van der Waals surface area contributed by atoms with E-state index in [0.717, 1.165) is 10.8 Å². The number of ether oxygens (including phenoxy) is 1. The molecule has 2 rings (SSSR count). The second-order valence-electron chi connectivity index (χ2n) is 5.02. The van der Waals surface area contributed by atoms with Gasteiger partial charge in [-0.05, 0) is 43.5 Å². The van der Waals surface area contributed by atoms with Gasteiger partial charge in [-0.1, -0.05) is 11.6 Å². The molecule has 0 bridgehead atoms. The van der Waals surface area contributed by atoms with Crippen LogP contribution >= 0.6 is 11.6 Å². The lowest BCUT2D eigenvalue weighted by Gasteiger charge is -2.20. The number of nitrogens with zero attached hydrogens (tertiary/aromatic N) is 1. The monoisotopic (exact) mass is 278 g/mol. The molecule has 4 nitrogen and oxygen atoms in total. The lowest BCUT2D eigenvalue weighted by Crippen LogP contribution is -2.36. The lowest BCUT2D eigenvalue weighted by molar-refractivity contribution is -0.127. The van der Waals surface area contributed by atoms with Crippen LogP contribution in [0.1, 0.15) is 13.8 Å². The van der Waals surface area contributed by atoms with Crippen molar-refractivity contribution in [2.75, 3.05) is 6.61 Å². The van der Waals surface area contributed by atoms with Crippen molar-refractivity contribution in [1.82, 2.24) is 4.98 Å². The average Bonchev–Trinajstić information content (AvgIpc) is 2.36. The van der Waals surface area contributed by atoms with Crippen molar-refractivity contribution < 1.29 is 9.53 Å². The first-order valence-electron chi connectivity index (χ1n) is 5.87. The summed E-state index contributed by atoms with van der Waals surface area (Å²) in [5.74, 6) is 0.282. The van der Waals surface area contributed by atoms with Crippen LogP contribution in [0.25, 0.3) is 10.8 Å². The topological polar surface area (TPSA) is 65.2 Å². The highest BCUT2D eigenvalue weighted by atomic mass is 35.5. The normalized spacial score (nSPS) is 11.5. The molecule has 0 unspecified atom stereocenters. The lowest BCUT2D eigenvalue weighted by atomic mass is 9.94. The van der Waals surface area contributed by atoms with E-state index in [4.69, 9.17) is 22.1 Å². The second-order valence-corrected chi connectivity index (χ2v) is 5.38. The van der Waals surface area contributed by atoms with Crippen molar-refractivity contribution in [3.63, 3.8) is 0 Å². The van der Waals surface area contributed by atoms with Crippen LogP contribution in [0.4, 0.5) is 0 Å². The third kappa shape index (κ3) is 2.96. The number of hydrogen-bond acceptors (Lipinski definition) is 3. The van der Waals surface area contributed by atoms with Crippen LogP contribution < -0.4 is 10.5 Å². The first kappa shape index (κ1) is 13.6. The first-order chi connectivity index (χ1) is 8.90. The van der Waals surface area contributed by atoms with E-state index in [-0.39, 0.29) is 12.5 Å². The molecule has 0 aliphatic carbocycles. The number of primary amides is 1. The van der Waals surface area contributed by atoms with Crippen LogP contribution in [0.15, 0.2) is 30.5 Å². The van der Waals surface area contributed by atoms with Crippen LogP contribution in [0.5, 0.6) is 5.75 Å². The smallest absolute Gasteiger partial charge is 0.226 e. The highest BCUT2D eigenvalue weighted by Crippen LogP contribution is 2.26. The van der Waals surface area contributed by atoms with Gasteiger partial charge in [-0.3, -0.25) is 4.79 Å². The zero-order chi connectivity index (χ0) is 14.0. The summed E-state index contributed by atoms with van der Waals surface area (Å²) >= 11 is 5.99. The highest BCUT2D eigenvalue weighted by molar-refractivity contribution is 6.34. The molecular formula is C14H15ClN2O2. The molecule has 0 spiro atoms. The molecule has 5 heteroatoms. The predicted octanol–water partition coefficient (Wildman–Crippen LogP) is 2.78. The number of aromatic nitrogens is 1. The van der Waals surface area contributed by atoms with Crippen LogP contribution in [0.2, 0.25) is 5.15 Å². The van der Waals surface area contributed by atoms with Gasteiger partial charge in [0.25, 0.3) is 0 Å². The Bertz CT molecular complexity index is 626. The Morgan fingerprint density at radius 3 is 2.84 bits per heavy atom. The molecule has 2 N–H and O–H groups in total. The Morgan fingerprint density at radius 1 is 1.42 bits per heavy atom. The van der Waals surface area contributed by atoms with E-state index < -0.39 is 5.41 Å². The van der Waals surface area contributed by atoms with Crippen molar-refractivity contribution in [2.45, 2.75) is 13.8 Å². The summed E-state index contributed by atoms with van der Waals surface area (Å²) in [6, 6.07) is 7.36. The van der Waals surface area contributed by atoms with E-state index in [1.165, 1.54) is 0 Å². The number of pyridine rings is 1. The minimum absolute atomic E-state index is 0.229. The van der Waals surface area contributed by atoms with Gasteiger partial charge in [-0.15, -0.1) is 0 Å². The third-order valence-electron chi connectivity index (χ3n) is 2.95. The third-order valence-corrected chi connectivity index (χ3v) is 3.26. The fourth-order valence-electron chi connectivity index (χ4n) is 1.54. The van der Waals surface area contributed by atoms with Crippen LogP contribution in [-0.2, 0) is 4.79 Å². The summed E-state index contributed by atoms with van der Waals surface area (Å²) in [7, 11) is 0. The standard InChI is InChI=1S/C14H15ClN2O2/c1-14(2,13(16)18)8-19-10-3-4-11-9(7-10)5-6-17-12(11)15/h3-7H,8H2,1-2H3,(H2,16,18). The average molecular weight is 279 g/mol. The number of halogens is 1. The number of rotatable bonds is 4. The summed E-state index contributed by atoms with van der Waals surface area (Å²) in [6.45, 7) is 3.72. The predicted molar refractivity (Wildman–Crippen MR) is 75.2 cm³/mol. The van der Waals surface area contributed by atoms with Crippen molar-refractivity contribution >= 4 is 28.3 Å². The molecule has 2 aromatic rings. The molecule has 0 fully saturated rings. The fraction of sp³-hybridized carbons (Fsp3) is 0.286. The molecule has 1 aromatic carbocycles. The Labute approximate surface area is 116 Å². The molecule has 0 saturated carbocycles. The maximum absolute atomic E-state index is 11.2. The molecule has 0 aliphatic heterocycles. The van der Waals surface area contributed by atoms with Crippen LogP contribution in [0.3, 0.4) is 0 Å². The number of benzene rings is 1. The van der Waals surface area contributed by atoms with Gasteiger partial charge in [-0.25, -0.2) is 4.98 Å². The first-order valence-corrected chi connectivity index (χ1v) is 6.25. The summed E-state index contributed by atoms with van der Waals surface area (Å²) in [6.07, 6.45) is 1.64.